The van der Waals surface area contributed by atoms with E-state index in [1.807, 2.05) is 0 Å². The Balaban J connectivity index is 1.77. The van der Waals surface area contributed by atoms with Gasteiger partial charge < -0.3 is 8.74 Å². The molecule has 4 aromatic carbocycles. The zero-order valence-electron chi connectivity index (χ0n) is 21.2. The maximum atomic E-state index is 9.15. The summed E-state index contributed by atoms with van der Waals surface area (Å²) in [6, 6.07) is 18.0. The second-order valence-corrected chi connectivity index (χ2v) is 12.5. The first-order valence-electron chi connectivity index (χ1n) is 11.8. The molecule has 2 radical (unpaired) electrons. The Bertz CT molecular complexity index is 1350. The van der Waals surface area contributed by atoms with E-state index in [1.54, 1.807) is 7.11 Å². The van der Waals surface area contributed by atoms with E-state index in [2.05, 4.69) is 94.7 Å². The lowest BCUT2D eigenvalue weighted by Crippen LogP contribution is -2.45. The summed E-state index contributed by atoms with van der Waals surface area (Å²) >= 11 is 0. The Hall–Kier alpha value is -2.06. The van der Waals surface area contributed by atoms with Gasteiger partial charge in [-0.3, -0.25) is 0 Å². The van der Waals surface area contributed by atoms with Crippen molar-refractivity contribution in [3.8, 4) is 6.07 Å². The number of benzene rings is 4. The van der Waals surface area contributed by atoms with Crippen LogP contribution in [-0.2, 0) is 8.74 Å². The van der Waals surface area contributed by atoms with Gasteiger partial charge in [-0.2, -0.15) is 5.26 Å². The van der Waals surface area contributed by atoms with Gasteiger partial charge in [-0.25, -0.2) is 4.67 Å². The fourth-order valence-electron chi connectivity index (χ4n) is 5.17. The summed E-state index contributed by atoms with van der Waals surface area (Å²) < 4.78 is 14.9. The Labute approximate surface area is 207 Å². The summed E-state index contributed by atoms with van der Waals surface area (Å²) in [5, 5.41) is 18.2. The summed E-state index contributed by atoms with van der Waals surface area (Å²) in [6.45, 7) is 13.1. The smallest absolute Gasteiger partial charge is 0.280 e. The number of aryl methyl sites for hydroxylation is 1. The fourth-order valence-corrected chi connectivity index (χ4v) is 8.25. The van der Waals surface area contributed by atoms with Crippen LogP contribution in [-0.4, -0.2) is 33.1 Å². The van der Waals surface area contributed by atoms with Crippen LogP contribution < -0.4 is 5.19 Å². The highest BCUT2D eigenvalue weighted by atomic mass is 31.2. The Kier molecular flexibility index (Phi) is 7.29. The van der Waals surface area contributed by atoms with Crippen LogP contribution in [0, 0.1) is 25.2 Å². The van der Waals surface area contributed by atoms with Gasteiger partial charge in [-0.1, -0.05) is 42.5 Å². The molecule has 0 N–H and O–H groups in total. The Morgan fingerprint density at radius 3 is 2.24 bits per heavy atom. The van der Waals surface area contributed by atoms with E-state index in [9.17, 15) is 0 Å². The lowest BCUT2D eigenvalue weighted by Gasteiger charge is -2.43. The van der Waals surface area contributed by atoms with E-state index >= 15 is 0 Å². The first-order chi connectivity index (χ1) is 16.2. The molecule has 0 spiro atoms. The summed E-state index contributed by atoms with van der Waals surface area (Å²) in [5.41, 5.74) is 2.40. The van der Waals surface area contributed by atoms with Gasteiger partial charge in [-0.15, -0.1) is 0 Å². The van der Waals surface area contributed by atoms with Gasteiger partial charge in [0.05, 0.1) is 6.07 Å². The normalized spacial score (nSPS) is 13.5. The van der Waals surface area contributed by atoms with Gasteiger partial charge >= 0.3 is 0 Å². The quantitative estimate of drug-likeness (QED) is 0.143. The molecule has 0 heterocycles. The van der Waals surface area contributed by atoms with Crippen molar-refractivity contribution in [2.24, 2.45) is 0 Å². The molecule has 6 heteroatoms. The van der Waals surface area contributed by atoms with Crippen molar-refractivity contribution in [1.82, 2.24) is 4.67 Å². The van der Waals surface area contributed by atoms with Gasteiger partial charge in [0.25, 0.3) is 9.76 Å². The number of hydrogen-bond acceptors (Lipinski definition) is 4. The third-order valence-corrected chi connectivity index (χ3v) is 10.4. The average Bonchev–Trinajstić information content (AvgIpc) is 2.81. The number of nitriles is 1. The molecule has 0 aliphatic heterocycles. The van der Waals surface area contributed by atoms with E-state index in [0.717, 1.165) is 6.42 Å². The molecule has 1 atom stereocenters. The molecule has 4 rings (SSSR count). The molecule has 0 bridgehead atoms. The molecule has 0 saturated carbocycles. The predicted molar refractivity (Wildman–Crippen MR) is 146 cm³/mol. The Morgan fingerprint density at radius 1 is 1.00 bits per heavy atom. The molecule has 4 nitrogen and oxygen atoms in total. The molecule has 0 aliphatic carbocycles. The van der Waals surface area contributed by atoms with Gasteiger partial charge in [-0.05, 0) is 96.6 Å². The van der Waals surface area contributed by atoms with Gasteiger partial charge in [0, 0.05) is 25.1 Å². The zero-order chi connectivity index (χ0) is 24.6. The molecule has 0 aromatic heterocycles. The van der Waals surface area contributed by atoms with E-state index in [1.165, 1.54) is 48.6 Å². The van der Waals surface area contributed by atoms with Crippen LogP contribution in [0.4, 0.5) is 0 Å². The summed E-state index contributed by atoms with van der Waals surface area (Å²) in [4.78, 5) is 0. The highest BCUT2D eigenvalue weighted by Gasteiger charge is 2.36. The largest absolute Gasteiger partial charge is 0.358 e. The van der Waals surface area contributed by atoms with Crippen molar-refractivity contribution in [2.75, 3.05) is 7.11 Å². The zero-order valence-corrected chi connectivity index (χ0v) is 23.1. The molecular weight excluding hydrogens is 455 g/mol. The molecule has 0 fully saturated rings. The van der Waals surface area contributed by atoms with Gasteiger partial charge in [0.1, 0.15) is 0 Å². The molecule has 4 aromatic rings. The molecule has 1 unspecified atom stereocenters. The lowest BCUT2D eigenvalue weighted by molar-refractivity contribution is 0.151. The van der Waals surface area contributed by atoms with Crippen LogP contribution in [0.5, 0.6) is 0 Å². The van der Waals surface area contributed by atoms with E-state index in [-0.39, 0.29) is 21.3 Å². The minimum atomic E-state index is -1.28. The van der Waals surface area contributed by atoms with Crippen molar-refractivity contribution in [1.29, 1.82) is 5.26 Å². The average molecular weight is 489 g/mol. The standard InChI is InChI=1S/C28H33N2O2PSi/c1-18(2)30(28(5,6)16-9-17-29)33(31-7)32-34-27-20(4)19(3)23-14-12-21-10-8-11-22-13-15-24(27)26(23)25(21)22/h8,10-15,18H,9,16H2,1-7H3. The highest BCUT2D eigenvalue weighted by molar-refractivity contribution is 7.46. The minimum absolute atomic E-state index is 0.169. The number of rotatable bonds is 9. The van der Waals surface area contributed by atoms with E-state index < -0.39 is 8.53 Å². The summed E-state index contributed by atoms with van der Waals surface area (Å²) in [6.07, 6.45) is 1.28. The molecule has 0 amide bonds. The second kappa shape index (κ2) is 9.89. The van der Waals surface area contributed by atoms with Crippen LogP contribution >= 0.6 is 8.53 Å². The first-order valence-corrected chi connectivity index (χ1v) is 13.8. The number of hydrogen-bond donors (Lipinski definition) is 0. The van der Waals surface area contributed by atoms with Crippen LogP contribution in [0.2, 0.25) is 0 Å². The topological polar surface area (TPSA) is 45.5 Å². The Morgan fingerprint density at radius 2 is 1.65 bits per heavy atom. The van der Waals surface area contributed by atoms with Crippen molar-refractivity contribution < 1.29 is 8.74 Å². The molecule has 0 aliphatic rings. The van der Waals surface area contributed by atoms with Crippen molar-refractivity contribution in [2.45, 2.75) is 66.0 Å². The third-order valence-electron chi connectivity index (χ3n) is 6.90. The summed E-state index contributed by atoms with van der Waals surface area (Å²) in [5.74, 6) is 0. The van der Waals surface area contributed by atoms with Gasteiger partial charge in [0.15, 0.2) is 0 Å². The molecule has 176 valence electrons. The van der Waals surface area contributed by atoms with Crippen LogP contribution in [0.15, 0.2) is 42.5 Å². The minimum Gasteiger partial charge on any atom is -0.358 e. The maximum Gasteiger partial charge on any atom is 0.280 e. The number of nitrogens with zero attached hydrogens (tertiary/aromatic N) is 2. The SMILES string of the molecule is COP(O[Si]c1c(C)c(C)c2ccc3cccc4ccc1c2c34)N(C(C)C)C(C)(C)CCC#N. The lowest BCUT2D eigenvalue weighted by atomic mass is 9.90. The predicted octanol–water partition coefficient (Wildman–Crippen LogP) is 7.13. The van der Waals surface area contributed by atoms with E-state index in [0.29, 0.717) is 6.42 Å². The maximum absolute atomic E-state index is 9.15. The van der Waals surface area contributed by atoms with Crippen molar-refractivity contribution in [3.63, 3.8) is 0 Å². The van der Waals surface area contributed by atoms with Crippen LogP contribution in [0.3, 0.4) is 0 Å². The van der Waals surface area contributed by atoms with Crippen LogP contribution in [0.25, 0.3) is 32.3 Å². The first kappa shape index (κ1) is 25.0. The highest BCUT2D eigenvalue weighted by Crippen LogP contribution is 2.49. The summed E-state index contributed by atoms with van der Waals surface area (Å²) in [7, 11) is 0.620. The third kappa shape index (κ3) is 4.35. The molecule has 0 saturated heterocycles. The van der Waals surface area contributed by atoms with Gasteiger partial charge in [0.2, 0.25) is 8.53 Å². The molecular formula is C28H33N2O2PSi. The molecule has 34 heavy (non-hydrogen) atoms. The van der Waals surface area contributed by atoms with Crippen molar-refractivity contribution >= 4 is 55.8 Å². The monoisotopic (exact) mass is 488 g/mol. The van der Waals surface area contributed by atoms with Crippen LogP contribution in [0.1, 0.15) is 51.7 Å². The fraction of sp³-hybridized carbons (Fsp3) is 0.393. The van der Waals surface area contributed by atoms with E-state index in [4.69, 9.17) is 14.0 Å². The second-order valence-electron chi connectivity index (χ2n) is 9.83. The van der Waals surface area contributed by atoms with Crippen molar-refractivity contribution in [3.05, 3.63) is 53.6 Å².